The summed E-state index contributed by atoms with van der Waals surface area (Å²) >= 11 is 6.51. The molecule has 2 heterocycles. The van der Waals surface area contributed by atoms with Crippen molar-refractivity contribution in [2.75, 3.05) is 16.8 Å². The van der Waals surface area contributed by atoms with Gasteiger partial charge in [-0.1, -0.05) is 54.1 Å². The number of aryl methyl sites for hydroxylation is 1. The Balaban J connectivity index is 1.59. The van der Waals surface area contributed by atoms with Gasteiger partial charge in [0, 0.05) is 13.0 Å². The monoisotopic (exact) mass is 408 g/mol. The van der Waals surface area contributed by atoms with Crippen molar-refractivity contribution in [3.05, 3.63) is 76.6 Å². The maximum absolute atomic E-state index is 13.0. The molecule has 0 radical (unpaired) electrons. The first-order valence-electron chi connectivity index (χ1n) is 9.52. The molecule has 1 saturated heterocycles. The number of nitrogens with one attached hydrogen (secondary N) is 1. The van der Waals surface area contributed by atoms with Crippen molar-refractivity contribution in [2.24, 2.45) is 0 Å². The van der Waals surface area contributed by atoms with E-state index in [4.69, 9.17) is 11.6 Å². The summed E-state index contributed by atoms with van der Waals surface area (Å²) in [6, 6.07) is 17.1. The van der Waals surface area contributed by atoms with Crippen molar-refractivity contribution >= 4 is 34.8 Å². The van der Waals surface area contributed by atoms with Gasteiger partial charge in [0.1, 0.15) is 5.15 Å². The van der Waals surface area contributed by atoms with Crippen LogP contribution in [0.4, 0.5) is 11.4 Å². The number of carbonyl (C=O) groups is 2. The van der Waals surface area contributed by atoms with Gasteiger partial charge in [0.15, 0.2) is 0 Å². The Kier molecular flexibility index (Phi) is 5.36. The van der Waals surface area contributed by atoms with E-state index in [1.165, 1.54) is 0 Å². The number of para-hydroxylation sites is 2. The molecule has 1 aliphatic heterocycles. The Morgan fingerprint density at radius 2 is 1.86 bits per heavy atom. The zero-order valence-corrected chi connectivity index (χ0v) is 16.8. The van der Waals surface area contributed by atoms with Crippen molar-refractivity contribution in [2.45, 2.75) is 26.3 Å². The number of carbonyl (C=O) groups excluding carboxylic acids is 2. The molecule has 0 atom stereocenters. The predicted octanol–water partition coefficient (Wildman–Crippen LogP) is 4.27. The van der Waals surface area contributed by atoms with Crippen molar-refractivity contribution in [3.63, 3.8) is 0 Å². The topological polar surface area (TPSA) is 67.2 Å². The normalized spacial score (nSPS) is 13.7. The average molecular weight is 409 g/mol. The zero-order chi connectivity index (χ0) is 20.4. The van der Waals surface area contributed by atoms with Crippen molar-refractivity contribution in [1.29, 1.82) is 0 Å². The number of amides is 2. The van der Waals surface area contributed by atoms with E-state index in [0.29, 0.717) is 47.3 Å². The molecule has 3 aromatic rings. The van der Waals surface area contributed by atoms with E-state index >= 15 is 0 Å². The fourth-order valence-electron chi connectivity index (χ4n) is 3.57. The highest BCUT2D eigenvalue weighted by atomic mass is 35.5. The summed E-state index contributed by atoms with van der Waals surface area (Å²) in [6.45, 7) is 2.89. The third-order valence-corrected chi connectivity index (χ3v) is 5.37. The molecule has 1 N–H and O–H groups in total. The molecule has 0 spiro atoms. The molecular weight excluding hydrogens is 388 g/mol. The average Bonchev–Trinajstić information content (AvgIpc) is 3.25. The molecule has 0 bridgehead atoms. The predicted molar refractivity (Wildman–Crippen MR) is 114 cm³/mol. The third-order valence-electron chi connectivity index (χ3n) is 4.98. The molecule has 6 nitrogen and oxygen atoms in total. The van der Waals surface area contributed by atoms with Gasteiger partial charge in [-0.3, -0.25) is 9.59 Å². The minimum absolute atomic E-state index is 0.0663. The Labute approximate surface area is 174 Å². The number of nitrogens with zero attached hydrogens (tertiary/aromatic N) is 3. The first-order chi connectivity index (χ1) is 14.0. The molecule has 0 aliphatic carbocycles. The van der Waals surface area contributed by atoms with Gasteiger partial charge in [-0.2, -0.15) is 5.10 Å². The van der Waals surface area contributed by atoms with E-state index in [1.54, 1.807) is 22.6 Å². The first kappa shape index (κ1) is 19.2. The van der Waals surface area contributed by atoms with E-state index < -0.39 is 0 Å². The van der Waals surface area contributed by atoms with Crippen LogP contribution in [-0.4, -0.2) is 28.1 Å². The van der Waals surface area contributed by atoms with E-state index in [2.05, 4.69) is 10.4 Å². The summed E-state index contributed by atoms with van der Waals surface area (Å²) in [7, 11) is 0. The zero-order valence-electron chi connectivity index (χ0n) is 16.1. The van der Waals surface area contributed by atoms with Gasteiger partial charge in [0.2, 0.25) is 5.91 Å². The van der Waals surface area contributed by atoms with Crippen LogP contribution in [0.25, 0.3) is 0 Å². The van der Waals surface area contributed by atoms with Crippen molar-refractivity contribution in [1.82, 2.24) is 9.78 Å². The minimum atomic E-state index is -0.342. The van der Waals surface area contributed by atoms with Crippen molar-refractivity contribution in [3.8, 4) is 0 Å². The summed E-state index contributed by atoms with van der Waals surface area (Å²) < 4.78 is 1.62. The molecule has 0 unspecified atom stereocenters. The summed E-state index contributed by atoms with van der Waals surface area (Å²) in [6.07, 6.45) is 1.35. The van der Waals surface area contributed by atoms with Crippen LogP contribution in [-0.2, 0) is 11.3 Å². The van der Waals surface area contributed by atoms with Crippen LogP contribution in [0.3, 0.4) is 0 Å². The van der Waals surface area contributed by atoms with Crippen LogP contribution < -0.4 is 10.2 Å². The number of anilines is 2. The summed E-state index contributed by atoms with van der Waals surface area (Å²) in [4.78, 5) is 26.9. The van der Waals surface area contributed by atoms with E-state index in [-0.39, 0.29) is 11.8 Å². The number of halogens is 1. The molecule has 1 aromatic heterocycles. The first-order valence-corrected chi connectivity index (χ1v) is 9.90. The Bertz CT molecular complexity index is 1060. The molecule has 2 amide bonds. The molecule has 7 heteroatoms. The quantitative estimate of drug-likeness (QED) is 0.685. The number of rotatable bonds is 5. The summed E-state index contributed by atoms with van der Waals surface area (Å²) in [5, 5.41) is 7.64. The molecule has 29 heavy (non-hydrogen) atoms. The van der Waals surface area contributed by atoms with Crippen molar-refractivity contribution < 1.29 is 9.59 Å². The van der Waals surface area contributed by atoms with Crippen LogP contribution in [0.1, 0.15) is 34.5 Å². The SMILES string of the molecule is Cc1nn(Cc2ccccc2)c(Cl)c1C(=O)Nc1ccccc1N1CCCC1=O. The van der Waals surface area contributed by atoms with Gasteiger partial charge in [0.05, 0.1) is 29.2 Å². The molecule has 2 aromatic carbocycles. The fourth-order valence-corrected chi connectivity index (χ4v) is 3.89. The van der Waals surface area contributed by atoms with Gasteiger partial charge in [0.25, 0.3) is 5.91 Å². The number of hydrogen-bond acceptors (Lipinski definition) is 3. The van der Waals surface area contributed by atoms with Crippen LogP contribution in [0.15, 0.2) is 54.6 Å². The van der Waals surface area contributed by atoms with Gasteiger partial charge in [-0.05, 0) is 31.0 Å². The number of hydrogen-bond donors (Lipinski definition) is 1. The molecular formula is C22H21ClN4O2. The Morgan fingerprint density at radius 1 is 1.14 bits per heavy atom. The minimum Gasteiger partial charge on any atom is -0.320 e. The third kappa shape index (κ3) is 3.89. The van der Waals surface area contributed by atoms with Gasteiger partial charge >= 0.3 is 0 Å². The standard InChI is InChI=1S/C22H21ClN4O2/c1-15-20(21(23)27(25-15)14-16-8-3-2-4-9-16)22(29)24-17-10-5-6-11-18(17)26-13-7-12-19(26)28/h2-6,8-11H,7,12-14H2,1H3,(H,24,29). The molecule has 0 saturated carbocycles. The van der Waals surface area contributed by atoms with E-state index in [0.717, 1.165) is 12.0 Å². The molecule has 1 fully saturated rings. The largest absolute Gasteiger partial charge is 0.320 e. The fraction of sp³-hybridized carbons (Fsp3) is 0.227. The number of aromatic nitrogens is 2. The highest BCUT2D eigenvalue weighted by Crippen LogP contribution is 2.30. The van der Waals surface area contributed by atoms with E-state index in [1.807, 2.05) is 48.5 Å². The summed E-state index contributed by atoms with van der Waals surface area (Å²) in [5.41, 5.74) is 3.22. The van der Waals surface area contributed by atoms with Crippen LogP contribution in [0.5, 0.6) is 0 Å². The molecule has 1 aliphatic rings. The smallest absolute Gasteiger partial charge is 0.260 e. The van der Waals surface area contributed by atoms with E-state index in [9.17, 15) is 9.59 Å². The van der Waals surface area contributed by atoms with Crippen LogP contribution in [0, 0.1) is 6.92 Å². The second-order valence-electron chi connectivity index (χ2n) is 7.01. The Hall–Kier alpha value is -3.12. The van der Waals surface area contributed by atoms with Gasteiger partial charge in [-0.25, -0.2) is 4.68 Å². The highest BCUT2D eigenvalue weighted by Gasteiger charge is 2.26. The lowest BCUT2D eigenvalue weighted by Crippen LogP contribution is -2.25. The van der Waals surface area contributed by atoms with Crippen LogP contribution >= 0.6 is 11.6 Å². The lowest BCUT2D eigenvalue weighted by Gasteiger charge is -2.20. The Morgan fingerprint density at radius 3 is 2.59 bits per heavy atom. The lowest BCUT2D eigenvalue weighted by molar-refractivity contribution is -0.117. The lowest BCUT2D eigenvalue weighted by atomic mass is 10.2. The number of benzene rings is 2. The van der Waals surface area contributed by atoms with Gasteiger partial charge < -0.3 is 10.2 Å². The maximum atomic E-state index is 13.0. The maximum Gasteiger partial charge on any atom is 0.260 e. The second kappa shape index (κ2) is 8.09. The molecule has 148 valence electrons. The summed E-state index contributed by atoms with van der Waals surface area (Å²) in [5.74, 6) is -0.275. The van der Waals surface area contributed by atoms with Gasteiger partial charge in [-0.15, -0.1) is 0 Å². The second-order valence-corrected chi connectivity index (χ2v) is 7.37. The molecule has 4 rings (SSSR count). The highest BCUT2D eigenvalue weighted by molar-refractivity contribution is 6.33. The van der Waals surface area contributed by atoms with Crippen LogP contribution in [0.2, 0.25) is 5.15 Å².